The highest BCUT2D eigenvalue weighted by atomic mass is 16.6. The number of benzene rings is 2. The molecule has 0 amide bonds. The van der Waals surface area contributed by atoms with Gasteiger partial charge in [0.2, 0.25) is 0 Å². The molecule has 7 heteroatoms. The number of hydrogen-bond donors (Lipinski definition) is 0. The normalized spacial score (nSPS) is 15.0. The Hall–Kier alpha value is -3.61. The van der Waals surface area contributed by atoms with Crippen LogP contribution in [-0.4, -0.2) is 29.7 Å². The van der Waals surface area contributed by atoms with Crippen molar-refractivity contribution in [2.45, 2.75) is 0 Å². The molecular weight excluding hydrogens is 316 g/mol. The molecular formula is C17H6O7. The Kier molecular flexibility index (Phi) is 2.74. The molecule has 0 unspecified atom stereocenters. The lowest BCUT2D eigenvalue weighted by molar-refractivity contribution is 0.0426. The molecule has 24 heavy (non-hydrogen) atoms. The zero-order chi connectivity index (χ0) is 17.0. The van der Waals surface area contributed by atoms with Gasteiger partial charge in [0, 0.05) is 11.1 Å². The minimum absolute atomic E-state index is 0.0166. The molecule has 0 bridgehead atoms. The molecule has 2 aromatic carbocycles. The predicted molar refractivity (Wildman–Crippen MR) is 75.8 cm³/mol. The maximum atomic E-state index is 12.8. The Morgan fingerprint density at radius 2 is 1.04 bits per heavy atom. The van der Waals surface area contributed by atoms with E-state index in [1.165, 1.54) is 36.4 Å². The van der Waals surface area contributed by atoms with Gasteiger partial charge in [0.1, 0.15) is 0 Å². The van der Waals surface area contributed by atoms with Crippen molar-refractivity contribution in [3.63, 3.8) is 0 Å². The van der Waals surface area contributed by atoms with Gasteiger partial charge < -0.3 is 9.47 Å². The monoisotopic (exact) mass is 322 g/mol. The van der Waals surface area contributed by atoms with Crippen LogP contribution in [0.15, 0.2) is 36.4 Å². The standard InChI is InChI=1S/C17H6O7/c18-13(7-3-1-5-9-11(7)16(21)23-14(9)19)8-4-2-6-10-12(8)17(22)24-15(10)20/h1-6H. The molecule has 2 heterocycles. The molecule has 0 fully saturated rings. The molecule has 0 N–H and O–H groups in total. The van der Waals surface area contributed by atoms with Crippen molar-refractivity contribution in [1.29, 1.82) is 0 Å². The topological polar surface area (TPSA) is 104 Å². The van der Waals surface area contributed by atoms with Crippen LogP contribution >= 0.6 is 0 Å². The Morgan fingerprint density at radius 3 is 1.46 bits per heavy atom. The van der Waals surface area contributed by atoms with E-state index in [1.807, 2.05) is 0 Å². The summed E-state index contributed by atoms with van der Waals surface area (Å²) in [5, 5.41) is 0. The fraction of sp³-hybridized carbons (Fsp3) is 0. The Labute approximate surface area is 133 Å². The lowest BCUT2D eigenvalue weighted by atomic mass is 9.92. The molecule has 0 saturated heterocycles. The third kappa shape index (κ3) is 1.75. The molecule has 2 aliphatic rings. The van der Waals surface area contributed by atoms with Gasteiger partial charge in [-0.05, 0) is 12.1 Å². The van der Waals surface area contributed by atoms with E-state index in [-0.39, 0.29) is 33.4 Å². The third-order valence-electron chi connectivity index (χ3n) is 3.84. The summed E-state index contributed by atoms with van der Waals surface area (Å²) in [6, 6.07) is 8.29. The van der Waals surface area contributed by atoms with Crippen LogP contribution < -0.4 is 0 Å². The van der Waals surface area contributed by atoms with E-state index in [9.17, 15) is 24.0 Å². The maximum absolute atomic E-state index is 12.8. The van der Waals surface area contributed by atoms with Gasteiger partial charge in [-0.3, -0.25) is 4.79 Å². The number of esters is 4. The van der Waals surface area contributed by atoms with Crippen molar-refractivity contribution in [2.24, 2.45) is 0 Å². The fourth-order valence-corrected chi connectivity index (χ4v) is 2.79. The van der Waals surface area contributed by atoms with Crippen molar-refractivity contribution in [1.82, 2.24) is 0 Å². The lowest BCUT2D eigenvalue weighted by Crippen LogP contribution is -2.12. The third-order valence-corrected chi connectivity index (χ3v) is 3.84. The largest absolute Gasteiger partial charge is 0.386 e. The van der Waals surface area contributed by atoms with Crippen LogP contribution in [0.5, 0.6) is 0 Å². The average molecular weight is 322 g/mol. The molecule has 0 radical (unpaired) electrons. The van der Waals surface area contributed by atoms with Crippen LogP contribution in [0.1, 0.15) is 57.4 Å². The van der Waals surface area contributed by atoms with E-state index in [4.69, 9.17) is 0 Å². The summed E-state index contributed by atoms with van der Waals surface area (Å²) in [7, 11) is 0. The zero-order valence-electron chi connectivity index (χ0n) is 11.8. The summed E-state index contributed by atoms with van der Waals surface area (Å²) in [4.78, 5) is 59.7. The van der Waals surface area contributed by atoms with Gasteiger partial charge in [-0.15, -0.1) is 0 Å². The second kappa shape index (κ2) is 4.69. The summed E-state index contributed by atoms with van der Waals surface area (Å²) >= 11 is 0. The van der Waals surface area contributed by atoms with Gasteiger partial charge in [0.15, 0.2) is 5.78 Å². The summed E-state index contributed by atoms with van der Waals surface area (Å²) in [6.45, 7) is 0. The second-order valence-electron chi connectivity index (χ2n) is 5.14. The van der Waals surface area contributed by atoms with Gasteiger partial charge in [0.25, 0.3) is 0 Å². The summed E-state index contributed by atoms with van der Waals surface area (Å²) in [5.74, 6) is -4.20. The van der Waals surface area contributed by atoms with E-state index in [1.54, 1.807) is 0 Å². The minimum atomic E-state index is -0.926. The van der Waals surface area contributed by atoms with Crippen LogP contribution in [-0.2, 0) is 9.47 Å². The van der Waals surface area contributed by atoms with E-state index >= 15 is 0 Å². The van der Waals surface area contributed by atoms with E-state index in [0.717, 1.165) is 0 Å². The lowest BCUT2D eigenvalue weighted by Gasteiger charge is -2.06. The number of ketones is 1. The predicted octanol–water partition coefficient (Wildman–Crippen LogP) is 1.54. The first-order chi connectivity index (χ1) is 11.5. The van der Waals surface area contributed by atoms with Gasteiger partial charge in [-0.1, -0.05) is 24.3 Å². The van der Waals surface area contributed by atoms with E-state index in [2.05, 4.69) is 9.47 Å². The second-order valence-corrected chi connectivity index (χ2v) is 5.14. The highest BCUT2D eigenvalue weighted by Crippen LogP contribution is 2.29. The quantitative estimate of drug-likeness (QED) is 0.469. The SMILES string of the molecule is O=C1OC(=O)c2c1cccc2C(=O)c1cccc2c1C(=O)OC2=O. The number of ether oxygens (including phenoxy) is 2. The number of rotatable bonds is 2. The number of carbonyl (C=O) groups is 5. The number of fused-ring (bicyclic) bond motifs is 2. The fourth-order valence-electron chi connectivity index (χ4n) is 2.79. The zero-order valence-corrected chi connectivity index (χ0v) is 11.8. The molecule has 0 saturated carbocycles. The Bertz CT molecular complexity index is 920. The van der Waals surface area contributed by atoms with Crippen molar-refractivity contribution in [3.05, 3.63) is 69.8 Å². The Balaban J connectivity index is 1.92. The van der Waals surface area contributed by atoms with E-state index in [0.29, 0.717) is 0 Å². The van der Waals surface area contributed by atoms with Gasteiger partial charge in [0.05, 0.1) is 22.3 Å². The summed E-state index contributed by atoms with van der Waals surface area (Å²) in [6.07, 6.45) is 0. The molecule has 0 atom stereocenters. The Morgan fingerprint density at radius 1 is 0.625 bits per heavy atom. The molecule has 116 valence electrons. The van der Waals surface area contributed by atoms with Gasteiger partial charge >= 0.3 is 23.9 Å². The first kappa shape index (κ1) is 14.0. The molecule has 7 nitrogen and oxygen atoms in total. The molecule has 0 aliphatic carbocycles. The summed E-state index contributed by atoms with van der Waals surface area (Å²) < 4.78 is 9.03. The first-order valence-corrected chi connectivity index (χ1v) is 6.83. The molecule has 0 spiro atoms. The highest BCUT2D eigenvalue weighted by molar-refractivity contribution is 6.26. The van der Waals surface area contributed by atoms with Crippen LogP contribution in [0.2, 0.25) is 0 Å². The maximum Gasteiger partial charge on any atom is 0.347 e. The van der Waals surface area contributed by atoms with Crippen LogP contribution in [0.25, 0.3) is 0 Å². The molecule has 4 rings (SSSR count). The van der Waals surface area contributed by atoms with Crippen molar-refractivity contribution < 1.29 is 33.4 Å². The van der Waals surface area contributed by atoms with Crippen molar-refractivity contribution in [2.75, 3.05) is 0 Å². The van der Waals surface area contributed by atoms with Crippen LogP contribution in [0.3, 0.4) is 0 Å². The van der Waals surface area contributed by atoms with Crippen LogP contribution in [0, 0.1) is 0 Å². The van der Waals surface area contributed by atoms with Gasteiger partial charge in [-0.2, -0.15) is 0 Å². The molecule has 2 aliphatic heterocycles. The molecule has 2 aromatic rings. The van der Waals surface area contributed by atoms with Crippen molar-refractivity contribution >= 4 is 29.7 Å². The number of carbonyl (C=O) groups excluding carboxylic acids is 5. The first-order valence-electron chi connectivity index (χ1n) is 6.83. The average Bonchev–Trinajstić information content (AvgIpc) is 3.03. The smallest absolute Gasteiger partial charge is 0.347 e. The van der Waals surface area contributed by atoms with Crippen molar-refractivity contribution in [3.8, 4) is 0 Å². The highest BCUT2D eigenvalue weighted by Gasteiger charge is 2.37. The number of hydrogen-bond acceptors (Lipinski definition) is 7. The van der Waals surface area contributed by atoms with Gasteiger partial charge in [-0.25, -0.2) is 19.2 Å². The summed E-state index contributed by atoms with van der Waals surface area (Å²) in [5.41, 5.74) is -0.493. The number of cyclic esters (lactones) is 4. The molecule has 0 aromatic heterocycles. The van der Waals surface area contributed by atoms with Crippen LogP contribution in [0.4, 0.5) is 0 Å². The van der Waals surface area contributed by atoms with E-state index < -0.39 is 29.7 Å². The minimum Gasteiger partial charge on any atom is -0.386 e.